The van der Waals surface area contributed by atoms with Crippen molar-refractivity contribution in [3.63, 3.8) is 0 Å². The summed E-state index contributed by atoms with van der Waals surface area (Å²) in [4.78, 5) is 21.5. The Hall–Kier alpha value is -2.43. The molecule has 132 valence electrons. The fourth-order valence-electron chi connectivity index (χ4n) is 3.45. The van der Waals surface area contributed by atoms with E-state index < -0.39 is 0 Å². The van der Waals surface area contributed by atoms with E-state index in [0.29, 0.717) is 10.6 Å². The molecule has 0 unspecified atom stereocenters. The Bertz CT molecular complexity index is 930. The van der Waals surface area contributed by atoms with E-state index in [-0.39, 0.29) is 5.91 Å². The summed E-state index contributed by atoms with van der Waals surface area (Å²) in [7, 11) is 0. The molecule has 0 aliphatic carbocycles. The molecule has 1 aliphatic rings. The van der Waals surface area contributed by atoms with Crippen molar-refractivity contribution in [2.45, 2.75) is 6.54 Å². The maximum atomic E-state index is 12.6. The standard InChI is InChI=1S/C21H20ClN3O/c22-19-8-2-5-17(14-19)21(26)25-12-10-24(11-13-25)15-18-6-1-4-16-7-3-9-23-20(16)18/h1-9,14H,10-13,15H2. The molecule has 0 saturated carbocycles. The topological polar surface area (TPSA) is 36.4 Å². The maximum absolute atomic E-state index is 12.6. The highest BCUT2D eigenvalue weighted by Crippen LogP contribution is 2.19. The summed E-state index contributed by atoms with van der Waals surface area (Å²) >= 11 is 6.00. The third-order valence-corrected chi connectivity index (χ3v) is 5.08. The first-order chi connectivity index (χ1) is 12.7. The molecule has 2 heterocycles. The Morgan fingerprint density at radius 3 is 2.58 bits per heavy atom. The number of hydrogen-bond acceptors (Lipinski definition) is 3. The van der Waals surface area contributed by atoms with Crippen molar-refractivity contribution >= 4 is 28.4 Å². The summed E-state index contributed by atoms with van der Waals surface area (Å²) in [5.74, 6) is 0.0546. The van der Waals surface area contributed by atoms with Gasteiger partial charge in [-0.15, -0.1) is 0 Å². The minimum Gasteiger partial charge on any atom is -0.336 e. The summed E-state index contributed by atoms with van der Waals surface area (Å²) in [5, 5.41) is 1.76. The van der Waals surface area contributed by atoms with Crippen LogP contribution in [0, 0.1) is 0 Å². The summed E-state index contributed by atoms with van der Waals surface area (Å²) in [6.07, 6.45) is 1.84. The lowest BCUT2D eigenvalue weighted by Gasteiger charge is -2.35. The zero-order valence-corrected chi connectivity index (χ0v) is 15.2. The van der Waals surface area contributed by atoms with E-state index in [1.807, 2.05) is 29.3 Å². The van der Waals surface area contributed by atoms with Gasteiger partial charge in [0.2, 0.25) is 0 Å². The highest BCUT2D eigenvalue weighted by Gasteiger charge is 2.22. The lowest BCUT2D eigenvalue weighted by Crippen LogP contribution is -2.48. The van der Waals surface area contributed by atoms with Crippen LogP contribution < -0.4 is 0 Å². The molecule has 0 spiro atoms. The van der Waals surface area contributed by atoms with Crippen LogP contribution in [0.25, 0.3) is 10.9 Å². The SMILES string of the molecule is O=C(c1cccc(Cl)c1)N1CCN(Cc2cccc3cccnc23)CC1. The fourth-order valence-corrected chi connectivity index (χ4v) is 3.64. The van der Waals surface area contributed by atoms with Gasteiger partial charge in [-0.1, -0.05) is 41.9 Å². The number of fused-ring (bicyclic) bond motifs is 1. The number of nitrogens with zero attached hydrogens (tertiary/aromatic N) is 3. The van der Waals surface area contributed by atoms with Gasteiger partial charge in [-0.25, -0.2) is 0 Å². The third kappa shape index (κ3) is 3.57. The van der Waals surface area contributed by atoms with Crippen LogP contribution in [0.5, 0.6) is 0 Å². The predicted octanol–water partition coefficient (Wildman–Crippen LogP) is 3.85. The summed E-state index contributed by atoms with van der Waals surface area (Å²) in [6, 6.07) is 17.5. The molecule has 0 radical (unpaired) electrons. The smallest absolute Gasteiger partial charge is 0.253 e. The number of halogens is 1. The molecule has 0 N–H and O–H groups in total. The molecule has 1 saturated heterocycles. The minimum atomic E-state index is 0.0546. The fraction of sp³-hybridized carbons (Fsp3) is 0.238. The van der Waals surface area contributed by atoms with Gasteiger partial charge in [0.25, 0.3) is 5.91 Å². The zero-order chi connectivity index (χ0) is 17.9. The number of carbonyl (C=O) groups excluding carboxylic acids is 1. The highest BCUT2D eigenvalue weighted by atomic mass is 35.5. The Morgan fingerprint density at radius 2 is 1.77 bits per heavy atom. The molecule has 1 aromatic heterocycles. The van der Waals surface area contributed by atoms with E-state index >= 15 is 0 Å². The molecule has 1 fully saturated rings. The van der Waals surface area contributed by atoms with Crippen molar-refractivity contribution in [3.05, 3.63) is 76.9 Å². The van der Waals surface area contributed by atoms with Crippen LogP contribution in [0.2, 0.25) is 5.02 Å². The molecule has 1 amide bonds. The van der Waals surface area contributed by atoms with Gasteiger partial charge in [0, 0.05) is 54.9 Å². The van der Waals surface area contributed by atoms with Gasteiger partial charge >= 0.3 is 0 Å². The van der Waals surface area contributed by atoms with E-state index in [4.69, 9.17) is 11.6 Å². The molecule has 2 aromatic carbocycles. The zero-order valence-electron chi connectivity index (χ0n) is 14.4. The molecule has 26 heavy (non-hydrogen) atoms. The molecule has 0 bridgehead atoms. The van der Waals surface area contributed by atoms with Crippen molar-refractivity contribution in [2.75, 3.05) is 26.2 Å². The first-order valence-electron chi connectivity index (χ1n) is 8.80. The minimum absolute atomic E-state index is 0.0546. The van der Waals surface area contributed by atoms with Crippen LogP contribution in [0.15, 0.2) is 60.8 Å². The lowest BCUT2D eigenvalue weighted by molar-refractivity contribution is 0.0629. The molecule has 3 aromatic rings. The van der Waals surface area contributed by atoms with E-state index in [2.05, 4.69) is 34.1 Å². The first kappa shape index (κ1) is 17.0. The normalized spacial score (nSPS) is 15.3. The number of aromatic nitrogens is 1. The summed E-state index contributed by atoms with van der Waals surface area (Å²) in [5.41, 5.74) is 2.95. The summed E-state index contributed by atoms with van der Waals surface area (Å²) < 4.78 is 0. The summed E-state index contributed by atoms with van der Waals surface area (Å²) in [6.45, 7) is 4.02. The van der Waals surface area contributed by atoms with E-state index in [1.165, 1.54) is 10.9 Å². The van der Waals surface area contributed by atoms with Crippen LogP contribution in [0.4, 0.5) is 0 Å². The van der Waals surface area contributed by atoms with Crippen LogP contribution in [-0.2, 0) is 6.54 Å². The monoisotopic (exact) mass is 365 g/mol. The second-order valence-corrected chi connectivity index (χ2v) is 7.01. The Balaban J connectivity index is 1.41. The van der Waals surface area contributed by atoms with Crippen molar-refractivity contribution < 1.29 is 4.79 Å². The van der Waals surface area contributed by atoms with Gasteiger partial charge < -0.3 is 4.90 Å². The Morgan fingerprint density at radius 1 is 1.00 bits per heavy atom. The van der Waals surface area contributed by atoms with Crippen molar-refractivity contribution in [1.29, 1.82) is 0 Å². The van der Waals surface area contributed by atoms with Gasteiger partial charge in [-0.3, -0.25) is 14.7 Å². The number of pyridine rings is 1. The second-order valence-electron chi connectivity index (χ2n) is 6.57. The van der Waals surface area contributed by atoms with Gasteiger partial charge in [-0.2, -0.15) is 0 Å². The second kappa shape index (κ2) is 7.44. The predicted molar refractivity (Wildman–Crippen MR) is 104 cm³/mol. The molecule has 5 heteroatoms. The van der Waals surface area contributed by atoms with E-state index in [9.17, 15) is 4.79 Å². The van der Waals surface area contributed by atoms with Crippen LogP contribution >= 0.6 is 11.6 Å². The molecule has 1 aliphatic heterocycles. The van der Waals surface area contributed by atoms with Gasteiger partial charge in [0.05, 0.1) is 5.52 Å². The first-order valence-corrected chi connectivity index (χ1v) is 9.18. The number of hydrogen-bond donors (Lipinski definition) is 0. The van der Waals surface area contributed by atoms with Gasteiger partial charge in [0.1, 0.15) is 0 Å². The van der Waals surface area contributed by atoms with E-state index in [1.54, 1.807) is 12.1 Å². The quantitative estimate of drug-likeness (QED) is 0.707. The third-order valence-electron chi connectivity index (χ3n) is 4.84. The average Bonchev–Trinajstić information content (AvgIpc) is 2.68. The maximum Gasteiger partial charge on any atom is 0.253 e. The Kier molecular flexibility index (Phi) is 4.87. The number of benzene rings is 2. The van der Waals surface area contributed by atoms with Crippen LogP contribution in [-0.4, -0.2) is 46.9 Å². The Labute approximate surface area is 158 Å². The van der Waals surface area contributed by atoms with Gasteiger partial charge in [0.15, 0.2) is 0 Å². The molecule has 4 rings (SSSR count). The van der Waals surface area contributed by atoms with Crippen molar-refractivity contribution in [3.8, 4) is 0 Å². The molecule has 4 nitrogen and oxygen atoms in total. The number of rotatable bonds is 3. The number of carbonyl (C=O) groups is 1. The average molecular weight is 366 g/mol. The van der Waals surface area contributed by atoms with Crippen LogP contribution in [0.3, 0.4) is 0 Å². The van der Waals surface area contributed by atoms with Crippen molar-refractivity contribution in [1.82, 2.24) is 14.8 Å². The number of para-hydroxylation sites is 1. The van der Waals surface area contributed by atoms with Gasteiger partial charge in [-0.05, 0) is 29.8 Å². The number of amides is 1. The number of piperazine rings is 1. The van der Waals surface area contributed by atoms with Crippen molar-refractivity contribution in [2.24, 2.45) is 0 Å². The van der Waals surface area contributed by atoms with Crippen LogP contribution in [0.1, 0.15) is 15.9 Å². The lowest BCUT2D eigenvalue weighted by atomic mass is 10.1. The molecule has 0 atom stereocenters. The molecular weight excluding hydrogens is 346 g/mol. The van der Waals surface area contributed by atoms with E-state index in [0.717, 1.165) is 38.2 Å². The molecular formula is C21H20ClN3O. The largest absolute Gasteiger partial charge is 0.336 e. The highest BCUT2D eigenvalue weighted by molar-refractivity contribution is 6.30.